The Bertz CT molecular complexity index is 665. The highest BCUT2D eigenvalue weighted by Crippen LogP contribution is 2.19. The molecule has 0 radical (unpaired) electrons. The monoisotopic (exact) mass is 301 g/mol. The van der Waals surface area contributed by atoms with Crippen molar-refractivity contribution < 1.29 is 4.74 Å². The Morgan fingerprint density at radius 2 is 1.95 bits per heavy atom. The van der Waals surface area contributed by atoms with Gasteiger partial charge in [0.05, 0.1) is 24.9 Å². The normalized spacial score (nSPS) is 12.6. The number of nitrogens with zero attached hydrogens (tertiary/aromatic N) is 2. The van der Waals surface area contributed by atoms with Crippen LogP contribution < -0.4 is 11.3 Å². The molecule has 0 bridgehead atoms. The van der Waals surface area contributed by atoms with Crippen LogP contribution in [0, 0.1) is 0 Å². The molecule has 0 fully saturated rings. The van der Waals surface area contributed by atoms with Crippen LogP contribution in [0.15, 0.2) is 41.2 Å². The van der Waals surface area contributed by atoms with Crippen molar-refractivity contribution in [3.8, 4) is 0 Å². The number of hydrogen-bond donors (Lipinski definition) is 1. The van der Waals surface area contributed by atoms with Gasteiger partial charge in [-0.15, -0.1) is 0 Å². The molecule has 0 aliphatic carbocycles. The first-order chi connectivity index (χ1) is 10.5. The molecule has 2 rings (SSSR count). The first kappa shape index (κ1) is 16.4. The van der Waals surface area contributed by atoms with Gasteiger partial charge in [-0.1, -0.05) is 44.2 Å². The van der Waals surface area contributed by atoms with E-state index in [4.69, 9.17) is 10.5 Å². The Kier molecular flexibility index (Phi) is 5.46. The maximum Gasteiger partial charge on any atom is 0.271 e. The fraction of sp³-hybridized carbons (Fsp3) is 0.412. The van der Waals surface area contributed by atoms with E-state index in [0.717, 1.165) is 11.3 Å². The first-order valence-corrected chi connectivity index (χ1v) is 7.46. The van der Waals surface area contributed by atoms with Crippen LogP contribution in [0.4, 0.5) is 0 Å². The third kappa shape index (κ3) is 3.61. The molecule has 0 saturated heterocycles. The highest BCUT2D eigenvalue weighted by Gasteiger charge is 2.17. The second-order valence-corrected chi connectivity index (χ2v) is 5.59. The molecule has 5 heteroatoms. The lowest BCUT2D eigenvalue weighted by Gasteiger charge is -2.16. The highest BCUT2D eigenvalue weighted by molar-refractivity contribution is 5.30. The number of aromatic nitrogens is 2. The van der Waals surface area contributed by atoms with E-state index in [2.05, 4.69) is 5.10 Å². The number of benzene rings is 1. The zero-order valence-corrected chi connectivity index (χ0v) is 13.3. The number of ether oxygens (including phenoxy) is 1. The van der Waals surface area contributed by atoms with Crippen molar-refractivity contribution in [2.75, 3.05) is 13.7 Å². The predicted octanol–water partition coefficient (Wildman–Crippen LogP) is 2.06. The van der Waals surface area contributed by atoms with Gasteiger partial charge < -0.3 is 10.5 Å². The van der Waals surface area contributed by atoms with Crippen molar-refractivity contribution in [1.82, 2.24) is 9.78 Å². The molecule has 2 N–H and O–H groups in total. The van der Waals surface area contributed by atoms with Crippen LogP contribution in [0.5, 0.6) is 0 Å². The fourth-order valence-corrected chi connectivity index (χ4v) is 2.26. The van der Waals surface area contributed by atoms with Crippen molar-refractivity contribution in [2.45, 2.75) is 32.4 Å². The molecule has 0 amide bonds. The molecule has 2 aromatic rings. The summed E-state index contributed by atoms with van der Waals surface area (Å²) < 4.78 is 6.51. The summed E-state index contributed by atoms with van der Waals surface area (Å²) in [7, 11) is 1.61. The molecular weight excluding hydrogens is 278 g/mol. The zero-order valence-electron chi connectivity index (χ0n) is 13.3. The van der Waals surface area contributed by atoms with E-state index in [1.54, 1.807) is 7.11 Å². The van der Waals surface area contributed by atoms with E-state index in [-0.39, 0.29) is 11.5 Å². The van der Waals surface area contributed by atoms with Gasteiger partial charge in [-0.2, -0.15) is 5.10 Å². The van der Waals surface area contributed by atoms with Crippen LogP contribution in [-0.4, -0.2) is 23.5 Å². The SMILES string of the molecule is COCCn1nc(C(C)C)cc(C(N)c2ccccc2)c1=O. The van der Waals surface area contributed by atoms with Gasteiger partial charge in [0, 0.05) is 12.7 Å². The lowest BCUT2D eigenvalue weighted by Crippen LogP contribution is -2.32. The minimum absolute atomic E-state index is 0.155. The summed E-state index contributed by atoms with van der Waals surface area (Å²) >= 11 is 0. The van der Waals surface area contributed by atoms with Crippen molar-refractivity contribution in [1.29, 1.82) is 0 Å². The summed E-state index contributed by atoms with van der Waals surface area (Å²) in [6.45, 7) is 4.95. The lowest BCUT2D eigenvalue weighted by molar-refractivity contribution is 0.181. The summed E-state index contributed by atoms with van der Waals surface area (Å²) in [6, 6.07) is 11.0. The molecule has 0 aliphatic rings. The average molecular weight is 301 g/mol. The second kappa shape index (κ2) is 7.33. The van der Waals surface area contributed by atoms with Crippen molar-refractivity contribution in [2.24, 2.45) is 5.73 Å². The Labute approximate surface area is 130 Å². The Hall–Kier alpha value is -1.98. The molecule has 1 heterocycles. The molecule has 118 valence electrons. The largest absolute Gasteiger partial charge is 0.383 e. The van der Waals surface area contributed by atoms with E-state index in [9.17, 15) is 4.79 Å². The highest BCUT2D eigenvalue weighted by atomic mass is 16.5. The number of nitrogens with two attached hydrogens (primary N) is 1. The molecule has 1 aromatic carbocycles. The molecule has 1 atom stereocenters. The quantitative estimate of drug-likeness (QED) is 0.886. The molecule has 0 saturated carbocycles. The maximum atomic E-state index is 12.6. The van der Waals surface area contributed by atoms with Crippen LogP contribution in [0.25, 0.3) is 0 Å². The van der Waals surface area contributed by atoms with Crippen molar-refractivity contribution in [3.05, 3.63) is 63.6 Å². The summed E-state index contributed by atoms with van der Waals surface area (Å²) in [5.74, 6) is 0.219. The van der Waals surface area contributed by atoms with Gasteiger partial charge in [0.1, 0.15) is 0 Å². The van der Waals surface area contributed by atoms with Gasteiger partial charge in [-0.3, -0.25) is 4.79 Å². The molecule has 22 heavy (non-hydrogen) atoms. The van der Waals surface area contributed by atoms with Crippen LogP contribution in [-0.2, 0) is 11.3 Å². The van der Waals surface area contributed by atoms with Crippen LogP contribution in [0.1, 0.15) is 42.6 Å². The van der Waals surface area contributed by atoms with Crippen LogP contribution >= 0.6 is 0 Å². The van der Waals surface area contributed by atoms with Gasteiger partial charge in [-0.05, 0) is 17.5 Å². The summed E-state index contributed by atoms with van der Waals surface area (Å²) in [5.41, 5.74) is 8.50. The predicted molar refractivity (Wildman–Crippen MR) is 86.9 cm³/mol. The van der Waals surface area contributed by atoms with Crippen LogP contribution in [0.2, 0.25) is 0 Å². The minimum atomic E-state index is -0.456. The smallest absolute Gasteiger partial charge is 0.271 e. The topological polar surface area (TPSA) is 70.1 Å². The molecule has 0 spiro atoms. The maximum absolute atomic E-state index is 12.6. The van der Waals surface area contributed by atoms with E-state index in [1.807, 2.05) is 50.2 Å². The fourth-order valence-electron chi connectivity index (χ4n) is 2.26. The van der Waals surface area contributed by atoms with E-state index in [1.165, 1.54) is 4.68 Å². The summed E-state index contributed by atoms with van der Waals surface area (Å²) in [5, 5.41) is 4.41. The zero-order chi connectivity index (χ0) is 16.1. The molecule has 5 nitrogen and oxygen atoms in total. The molecule has 1 unspecified atom stereocenters. The van der Waals surface area contributed by atoms with Crippen molar-refractivity contribution >= 4 is 0 Å². The number of methoxy groups -OCH3 is 1. The lowest BCUT2D eigenvalue weighted by atomic mass is 9.99. The van der Waals surface area contributed by atoms with Gasteiger partial charge in [-0.25, -0.2) is 4.68 Å². The number of rotatable bonds is 6. The summed E-state index contributed by atoms with van der Waals surface area (Å²) in [6.07, 6.45) is 0. The van der Waals surface area contributed by atoms with Gasteiger partial charge in [0.25, 0.3) is 5.56 Å². The van der Waals surface area contributed by atoms with Crippen LogP contribution in [0.3, 0.4) is 0 Å². The van der Waals surface area contributed by atoms with E-state index in [0.29, 0.717) is 18.7 Å². The Morgan fingerprint density at radius 3 is 2.55 bits per heavy atom. The van der Waals surface area contributed by atoms with E-state index >= 15 is 0 Å². The summed E-state index contributed by atoms with van der Waals surface area (Å²) in [4.78, 5) is 12.6. The van der Waals surface area contributed by atoms with Gasteiger partial charge in [0.2, 0.25) is 0 Å². The number of hydrogen-bond acceptors (Lipinski definition) is 4. The second-order valence-electron chi connectivity index (χ2n) is 5.59. The Balaban J connectivity index is 2.49. The molecule has 1 aromatic heterocycles. The minimum Gasteiger partial charge on any atom is -0.383 e. The molecular formula is C17H23N3O2. The van der Waals surface area contributed by atoms with Gasteiger partial charge >= 0.3 is 0 Å². The third-order valence-electron chi connectivity index (χ3n) is 3.61. The molecule has 0 aliphatic heterocycles. The Morgan fingerprint density at radius 1 is 1.27 bits per heavy atom. The standard InChI is InChI=1S/C17H23N3O2/c1-12(2)15-11-14(16(18)13-7-5-4-6-8-13)17(21)20(19-15)9-10-22-3/h4-8,11-12,16H,9-10,18H2,1-3H3. The third-order valence-corrected chi connectivity index (χ3v) is 3.61. The van der Waals surface area contributed by atoms with Crippen molar-refractivity contribution in [3.63, 3.8) is 0 Å². The average Bonchev–Trinajstić information content (AvgIpc) is 2.54. The van der Waals surface area contributed by atoms with Gasteiger partial charge in [0.15, 0.2) is 0 Å². The van der Waals surface area contributed by atoms with E-state index < -0.39 is 6.04 Å². The first-order valence-electron chi connectivity index (χ1n) is 7.46.